The maximum absolute atomic E-state index is 13.7. The van der Waals surface area contributed by atoms with Crippen molar-refractivity contribution >= 4 is 11.8 Å². The number of furan rings is 1. The van der Waals surface area contributed by atoms with Gasteiger partial charge in [-0.3, -0.25) is 9.59 Å². The summed E-state index contributed by atoms with van der Waals surface area (Å²) in [6.45, 7) is 0.850. The molecule has 1 fully saturated rings. The molecule has 2 aromatic carbocycles. The van der Waals surface area contributed by atoms with Crippen LogP contribution >= 0.6 is 0 Å². The third-order valence-electron chi connectivity index (χ3n) is 6.75. The first-order valence-corrected chi connectivity index (χ1v) is 10.9. The summed E-state index contributed by atoms with van der Waals surface area (Å²) in [6, 6.07) is 21.3. The highest BCUT2D eigenvalue weighted by atomic mass is 16.3. The zero-order valence-electron chi connectivity index (χ0n) is 17.4. The zero-order valence-corrected chi connectivity index (χ0v) is 17.4. The van der Waals surface area contributed by atoms with Crippen LogP contribution in [0.15, 0.2) is 77.4 Å². The van der Waals surface area contributed by atoms with Gasteiger partial charge in [0.25, 0.3) is 5.91 Å². The van der Waals surface area contributed by atoms with Crippen LogP contribution in [0.5, 0.6) is 0 Å². The summed E-state index contributed by atoms with van der Waals surface area (Å²) >= 11 is 0. The van der Waals surface area contributed by atoms with Crippen LogP contribution in [0, 0.1) is 0 Å². The lowest BCUT2D eigenvalue weighted by Gasteiger charge is -2.50. The molecule has 5 nitrogen and oxygen atoms in total. The minimum absolute atomic E-state index is 0.0245. The molecule has 0 radical (unpaired) electrons. The normalized spacial score (nSPS) is 19.4. The minimum atomic E-state index is -0.505. The molecule has 31 heavy (non-hydrogen) atoms. The van der Waals surface area contributed by atoms with Gasteiger partial charge in [0, 0.05) is 12.1 Å². The van der Waals surface area contributed by atoms with Crippen molar-refractivity contribution in [3.8, 4) is 0 Å². The molecule has 1 aliphatic carbocycles. The largest absolute Gasteiger partial charge is 0.467 e. The van der Waals surface area contributed by atoms with Crippen molar-refractivity contribution < 1.29 is 14.0 Å². The Labute approximate surface area is 182 Å². The Kier molecular flexibility index (Phi) is 5.10. The van der Waals surface area contributed by atoms with E-state index in [9.17, 15) is 9.59 Å². The number of nitrogens with one attached hydrogen (secondary N) is 1. The van der Waals surface area contributed by atoms with E-state index >= 15 is 0 Å². The van der Waals surface area contributed by atoms with E-state index in [0.29, 0.717) is 18.7 Å². The summed E-state index contributed by atoms with van der Waals surface area (Å²) in [4.78, 5) is 29.3. The fourth-order valence-electron chi connectivity index (χ4n) is 5.35. The molecule has 0 saturated heterocycles. The monoisotopic (exact) mass is 414 g/mol. The van der Waals surface area contributed by atoms with Gasteiger partial charge in [0.2, 0.25) is 5.91 Å². The number of hydrogen-bond acceptors (Lipinski definition) is 3. The summed E-state index contributed by atoms with van der Waals surface area (Å²) in [7, 11) is 0. The quantitative estimate of drug-likeness (QED) is 0.661. The molecule has 158 valence electrons. The summed E-state index contributed by atoms with van der Waals surface area (Å²) in [5, 5.41) is 3.08. The van der Waals surface area contributed by atoms with E-state index in [2.05, 4.69) is 5.32 Å². The van der Waals surface area contributed by atoms with Gasteiger partial charge >= 0.3 is 0 Å². The summed E-state index contributed by atoms with van der Waals surface area (Å²) in [5.74, 6) is 0.297. The Morgan fingerprint density at radius 2 is 1.74 bits per heavy atom. The first-order chi connectivity index (χ1) is 15.2. The molecule has 2 aliphatic rings. The number of hydrogen-bond donors (Lipinski definition) is 1. The second-order valence-electron chi connectivity index (χ2n) is 8.51. The van der Waals surface area contributed by atoms with E-state index in [1.165, 1.54) is 0 Å². The van der Waals surface area contributed by atoms with Gasteiger partial charge in [-0.15, -0.1) is 0 Å². The van der Waals surface area contributed by atoms with Crippen LogP contribution in [-0.2, 0) is 17.9 Å². The van der Waals surface area contributed by atoms with Crippen molar-refractivity contribution in [2.45, 2.75) is 50.2 Å². The second-order valence-corrected chi connectivity index (χ2v) is 8.51. The number of amides is 2. The lowest BCUT2D eigenvalue weighted by molar-refractivity contribution is -0.126. The summed E-state index contributed by atoms with van der Waals surface area (Å²) < 4.78 is 5.40. The Morgan fingerprint density at radius 3 is 2.48 bits per heavy atom. The Morgan fingerprint density at radius 1 is 1.00 bits per heavy atom. The molecular formula is C26H26N2O3. The number of rotatable bonds is 5. The van der Waals surface area contributed by atoms with Gasteiger partial charge in [0.1, 0.15) is 5.76 Å². The van der Waals surface area contributed by atoms with Gasteiger partial charge in [0.05, 0.1) is 24.3 Å². The molecule has 0 unspecified atom stereocenters. The van der Waals surface area contributed by atoms with E-state index in [1.54, 1.807) is 6.26 Å². The van der Waals surface area contributed by atoms with Crippen molar-refractivity contribution in [1.82, 2.24) is 10.2 Å². The highest BCUT2D eigenvalue weighted by molar-refractivity contribution is 6.02. The van der Waals surface area contributed by atoms with Crippen molar-refractivity contribution in [2.24, 2.45) is 0 Å². The molecule has 1 aliphatic heterocycles. The third kappa shape index (κ3) is 3.44. The van der Waals surface area contributed by atoms with E-state index in [1.807, 2.05) is 71.6 Å². The molecule has 5 rings (SSSR count). The molecule has 2 heterocycles. The first kappa shape index (κ1) is 19.6. The molecule has 0 bridgehead atoms. The van der Waals surface area contributed by atoms with Gasteiger partial charge in [-0.05, 0) is 42.2 Å². The fraction of sp³-hybridized carbons (Fsp3) is 0.308. The molecule has 1 atom stereocenters. The van der Waals surface area contributed by atoms with E-state index in [0.717, 1.165) is 42.6 Å². The number of carbonyl (C=O) groups is 2. The smallest absolute Gasteiger partial charge is 0.254 e. The van der Waals surface area contributed by atoms with Crippen LogP contribution in [0.1, 0.15) is 58.8 Å². The van der Waals surface area contributed by atoms with Crippen molar-refractivity contribution in [2.75, 3.05) is 0 Å². The van der Waals surface area contributed by atoms with Crippen molar-refractivity contribution in [3.63, 3.8) is 0 Å². The molecule has 1 spiro atoms. The van der Waals surface area contributed by atoms with Crippen LogP contribution in [0.3, 0.4) is 0 Å². The maximum Gasteiger partial charge on any atom is 0.254 e. The highest BCUT2D eigenvalue weighted by Gasteiger charge is 2.55. The van der Waals surface area contributed by atoms with E-state index < -0.39 is 11.5 Å². The van der Waals surface area contributed by atoms with Crippen molar-refractivity contribution in [1.29, 1.82) is 0 Å². The number of fused-ring (bicyclic) bond motifs is 1. The SMILES string of the molecule is O=C(NCc1ccco1)[C@@H]1c2ccccc2C(=O)N(Cc2ccccc2)C12CCCC2. The molecule has 3 aromatic rings. The second kappa shape index (κ2) is 8.06. The molecule has 1 saturated carbocycles. The van der Waals surface area contributed by atoms with Crippen LogP contribution in [-0.4, -0.2) is 22.3 Å². The molecular weight excluding hydrogens is 388 g/mol. The standard InChI is InChI=1S/C26H26N2O3/c29-24(27-17-20-11-8-16-31-20)23-21-12-4-5-13-22(21)25(30)28(26(23)14-6-7-15-26)18-19-9-2-1-3-10-19/h1-5,8-13,16,23H,6-7,14-15,17-18H2,(H,27,29)/t23-/m0/s1. The fourth-order valence-corrected chi connectivity index (χ4v) is 5.35. The Bertz CT molecular complexity index is 1070. The third-order valence-corrected chi connectivity index (χ3v) is 6.75. The minimum Gasteiger partial charge on any atom is -0.467 e. The lowest BCUT2D eigenvalue weighted by Crippen LogP contribution is -2.60. The van der Waals surface area contributed by atoms with Gasteiger partial charge < -0.3 is 14.6 Å². The van der Waals surface area contributed by atoms with Crippen LogP contribution in [0.4, 0.5) is 0 Å². The van der Waals surface area contributed by atoms with E-state index in [4.69, 9.17) is 4.42 Å². The molecule has 5 heteroatoms. The van der Waals surface area contributed by atoms with Gasteiger partial charge in [0.15, 0.2) is 0 Å². The predicted octanol–water partition coefficient (Wildman–Crippen LogP) is 4.65. The van der Waals surface area contributed by atoms with Gasteiger partial charge in [-0.25, -0.2) is 0 Å². The molecule has 1 N–H and O–H groups in total. The van der Waals surface area contributed by atoms with Crippen LogP contribution in [0.25, 0.3) is 0 Å². The molecule has 2 amide bonds. The topological polar surface area (TPSA) is 62.6 Å². The first-order valence-electron chi connectivity index (χ1n) is 10.9. The molecule has 1 aromatic heterocycles. The maximum atomic E-state index is 13.7. The highest BCUT2D eigenvalue weighted by Crippen LogP contribution is 2.50. The van der Waals surface area contributed by atoms with Crippen LogP contribution in [0.2, 0.25) is 0 Å². The zero-order chi connectivity index (χ0) is 21.3. The summed E-state index contributed by atoms with van der Waals surface area (Å²) in [5.41, 5.74) is 2.05. The predicted molar refractivity (Wildman–Crippen MR) is 117 cm³/mol. The van der Waals surface area contributed by atoms with Crippen LogP contribution < -0.4 is 5.32 Å². The lowest BCUT2D eigenvalue weighted by atomic mass is 9.71. The Hall–Kier alpha value is -3.34. The van der Waals surface area contributed by atoms with Gasteiger partial charge in [-0.1, -0.05) is 61.4 Å². The average molecular weight is 415 g/mol. The Balaban J connectivity index is 1.56. The average Bonchev–Trinajstić information content (AvgIpc) is 3.49. The summed E-state index contributed by atoms with van der Waals surface area (Å²) in [6.07, 6.45) is 5.30. The number of carbonyl (C=O) groups excluding carboxylic acids is 2. The number of nitrogens with zero attached hydrogens (tertiary/aromatic N) is 1. The van der Waals surface area contributed by atoms with E-state index in [-0.39, 0.29) is 11.8 Å². The number of benzene rings is 2. The van der Waals surface area contributed by atoms with Gasteiger partial charge in [-0.2, -0.15) is 0 Å². The van der Waals surface area contributed by atoms with Crippen molar-refractivity contribution in [3.05, 3.63) is 95.4 Å².